The summed E-state index contributed by atoms with van der Waals surface area (Å²) in [6.07, 6.45) is 0. The summed E-state index contributed by atoms with van der Waals surface area (Å²) in [5.74, 6) is 1.99. The molecular weight excluding hydrogens is 386 g/mol. The molecule has 1 aromatic heterocycles. The van der Waals surface area contributed by atoms with Gasteiger partial charge in [0.2, 0.25) is 5.88 Å². The van der Waals surface area contributed by atoms with E-state index < -0.39 is 0 Å². The number of carbonyl (C=O) groups is 1. The zero-order valence-corrected chi connectivity index (χ0v) is 17.0. The summed E-state index contributed by atoms with van der Waals surface area (Å²) in [5, 5.41) is 11.0. The van der Waals surface area contributed by atoms with Crippen LogP contribution in [0.15, 0.2) is 54.6 Å². The first-order valence-electron chi connectivity index (χ1n) is 9.25. The van der Waals surface area contributed by atoms with Gasteiger partial charge in [0.15, 0.2) is 0 Å². The van der Waals surface area contributed by atoms with Crippen LogP contribution in [0.1, 0.15) is 10.4 Å². The number of methoxy groups -OCH3 is 3. The van der Waals surface area contributed by atoms with Crippen molar-refractivity contribution >= 4 is 5.91 Å². The lowest BCUT2D eigenvalue weighted by atomic mass is 10.1. The highest BCUT2D eigenvalue weighted by Crippen LogP contribution is 2.23. The third-order valence-electron chi connectivity index (χ3n) is 4.28. The van der Waals surface area contributed by atoms with Crippen LogP contribution < -0.4 is 24.3 Å². The van der Waals surface area contributed by atoms with E-state index in [1.54, 1.807) is 31.4 Å². The number of rotatable bonds is 9. The second-order valence-electron chi connectivity index (χ2n) is 6.19. The van der Waals surface area contributed by atoms with Gasteiger partial charge in [0.05, 0.1) is 33.6 Å². The largest absolute Gasteiger partial charge is 0.497 e. The van der Waals surface area contributed by atoms with Crippen LogP contribution in [0.3, 0.4) is 0 Å². The molecule has 1 amide bonds. The minimum Gasteiger partial charge on any atom is -0.497 e. The van der Waals surface area contributed by atoms with E-state index in [2.05, 4.69) is 15.5 Å². The van der Waals surface area contributed by atoms with E-state index in [-0.39, 0.29) is 12.5 Å². The van der Waals surface area contributed by atoms with Crippen LogP contribution in [-0.4, -0.2) is 50.6 Å². The van der Waals surface area contributed by atoms with Crippen molar-refractivity contribution in [2.45, 2.75) is 0 Å². The van der Waals surface area contributed by atoms with Crippen molar-refractivity contribution in [3.63, 3.8) is 0 Å². The first kappa shape index (κ1) is 20.9. The lowest BCUT2D eigenvalue weighted by molar-refractivity contribution is 0.0946. The summed E-state index contributed by atoms with van der Waals surface area (Å²) in [4.78, 5) is 12.3. The Labute approximate surface area is 174 Å². The summed E-state index contributed by atoms with van der Waals surface area (Å²) in [6, 6.07) is 16.1. The molecule has 0 bridgehead atoms. The third kappa shape index (κ3) is 5.38. The van der Waals surface area contributed by atoms with Crippen molar-refractivity contribution in [1.29, 1.82) is 0 Å². The van der Waals surface area contributed by atoms with Crippen LogP contribution in [0, 0.1) is 0 Å². The van der Waals surface area contributed by atoms with E-state index in [0.717, 1.165) is 17.0 Å². The number of benzene rings is 2. The molecule has 0 aliphatic rings. The molecule has 1 N–H and O–H groups in total. The van der Waals surface area contributed by atoms with E-state index in [9.17, 15) is 4.79 Å². The van der Waals surface area contributed by atoms with Gasteiger partial charge in [-0.2, -0.15) is 0 Å². The van der Waals surface area contributed by atoms with Crippen molar-refractivity contribution < 1.29 is 23.7 Å². The van der Waals surface area contributed by atoms with E-state index >= 15 is 0 Å². The van der Waals surface area contributed by atoms with Crippen molar-refractivity contribution in [2.24, 2.45) is 0 Å². The molecule has 0 fully saturated rings. The topological polar surface area (TPSA) is 91.8 Å². The standard InChI is InChI=1S/C22H23N3O5/c1-27-17-6-4-15(5-7-17)20-8-9-21(25-24-20)30-11-10-23-22(26)16-12-18(28-2)14-19(13-16)29-3/h4-9,12-14H,10-11H2,1-3H3,(H,23,26). The van der Waals surface area contributed by atoms with Gasteiger partial charge >= 0.3 is 0 Å². The number of nitrogens with zero attached hydrogens (tertiary/aromatic N) is 2. The number of nitrogens with one attached hydrogen (secondary N) is 1. The molecule has 3 aromatic rings. The molecule has 8 heteroatoms. The van der Waals surface area contributed by atoms with Gasteiger partial charge in [-0.15, -0.1) is 10.2 Å². The monoisotopic (exact) mass is 409 g/mol. The molecule has 0 atom stereocenters. The lowest BCUT2D eigenvalue weighted by Gasteiger charge is -2.10. The number of ether oxygens (including phenoxy) is 4. The smallest absolute Gasteiger partial charge is 0.251 e. The van der Waals surface area contributed by atoms with Gasteiger partial charge in [-0.3, -0.25) is 4.79 Å². The fourth-order valence-corrected chi connectivity index (χ4v) is 2.67. The molecule has 0 aliphatic heterocycles. The fraction of sp³-hybridized carbons (Fsp3) is 0.227. The van der Waals surface area contributed by atoms with Crippen LogP contribution in [0.4, 0.5) is 0 Å². The number of carbonyl (C=O) groups excluding carboxylic acids is 1. The quantitative estimate of drug-likeness (QED) is 0.543. The molecule has 0 unspecified atom stereocenters. The highest BCUT2D eigenvalue weighted by molar-refractivity contribution is 5.95. The SMILES string of the molecule is COc1ccc(-c2ccc(OCCNC(=O)c3cc(OC)cc(OC)c3)nn2)cc1. The molecule has 0 radical (unpaired) electrons. The molecule has 3 rings (SSSR count). The maximum Gasteiger partial charge on any atom is 0.251 e. The zero-order valence-electron chi connectivity index (χ0n) is 17.0. The molecule has 0 saturated carbocycles. The maximum atomic E-state index is 12.3. The maximum absolute atomic E-state index is 12.3. The van der Waals surface area contributed by atoms with Gasteiger partial charge in [0, 0.05) is 23.3 Å². The highest BCUT2D eigenvalue weighted by atomic mass is 16.5. The molecule has 156 valence electrons. The molecular formula is C22H23N3O5. The predicted octanol–water partition coefficient (Wildman–Crippen LogP) is 2.98. The summed E-state index contributed by atoms with van der Waals surface area (Å²) >= 11 is 0. The van der Waals surface area contributed by atoms with Crippen LogP contribution >= 0.6 is 0 Å². The molecule has 0 aliphatic carbocycles. The van der Waals surface area contributed by atoms with Crippen molar-refractivity contribution in [3.05, 3.63) is 60.2 Å². The third-order valence-corrected chi connectivity index (χ3v) is 4.28. The summed E-state index contributed by atoms with van der Waals surface area (Å²) in [6.45, 7) is 0.559. The first-order valence-corrected chi connectivity index (χ1v) is 9.25. The average molecular weight is 409 g/mol. The van der Waals surface area contributed by atoms with Crippen LogP contribution in [0.5, 0.6) is 23.1 Å². The van der Waals surface area contributed by atoms with E-state index in [1.165, 1.54) is 14.2 Å². The Morgan fingerprint density at radius 2 is 1.50 bits per heavy atom. The van der Waals surface area contributed by atoms with Crippen LogP contribution in [0.25, 0.3) is 11.3 Å². The second kappa shape index (κ2) is 10.1. The molecule has 0 saturated heterocycles. The number of hydrogen-bond acceptors (Lipinski definition) is 7. The molecule has 0 spiro atoms. The van der Waals surface area contributed by atoms with Crippen molar-refractivity contribution in [2.75, 3.05) is 34.5 Å². The molecule has 8 nitrogen and oxygen atoms in total. The van der Waals surface area contributed by atoms with Gasteiger partial charge in [-0.1, -0.05) is 0 Å². The average Bonchev–Trinajstić information content (AvgIpc) is 2.81. The number of aromatic nitrogens is 2. The van der Waals surface area contributed by atoms with Crippen molar-refractivity contribution in [1.82, 2.24) is 15.5 Å². The van der Waals surface area contributed by atoms with Crippen LogP contribution in [0.2, 0.25) is 0 Å². The van der Waals surface area contributed by atoms with E-state index in [4.69, 9.17) is 18.9 Å². The zero-order chi connectivity index (χ0) is 21.3. The van der Waals surface area contributed by atoms with Gasteiger partial charge in [0.1, 0.15) is 23.9 Å². The second-order valence-corrected chi connectivity index (χ2v) is 6.19. The Balaban J connectivity index is 1.50. The Kier molecular flexibility index (Phi) is 7.05. The fourth-order valence-electron chi connectivity index (χ4n) is 2.67. The minimum absolute atomic E-state index is 0.253. The highest BCUT2D eigenvalue weighted by Gasteiger charge is 2.10. The lowest BCUT2D eigenvalue weighted by Crippen LogP contribution is -2.28. The van der Waals surface area contributed by atoms with E-state index in [1.807, 2.05) is 30.3 Å². The Morgan fingerprint density at radius 3 is 2.07 bits per heavy atom. The Hall–Kier alpha value is -3.81. The minimum atomic E-state index is -0.253. The Bertz CT molecular complexity index is 953. The summed E-state index contributed by atoms with van der Waals surface area (Å²) < 4.78 is 21.1. The van der Waals surface area contributed by atoms with Gasteiger partial charge in [-0.25, -0.2) is 0 Å². The van der Waals surface area contributed by atoms with Gasteiger partial charge in [0.25, 0.3) is 5.91 Å². The first-order chi connectivity index (χ1) is 14.6. The van der Waals surface area contributed by atoms with E-state index in [0.29, 0.717) is 29.5 Å². The number of amides is 1. The van der Waals surface area contributed by atoms with Crippen LogP contribution in [-0.2, 0) is 0 Å². The van der Waals surface area contributed by atoms with Crippen molar-refractivity contribution in [3.8, 4) is 34.4 Å². The molecule has 2 aromatic carbocycles. The molecule has 30 heavy (non-hydrogen) atoms. The van der Waals surface area contributed by atoms with Gasteiger partial charge in [-0.05, 0) is 42.5 Å². The molecule has 1 heterocycles. The summed E-state index contributed by atoms with van der Waals surface area (Å²) in [7, 11) is 4.69. The van der Waals surface area contributed by atoms with Gasteiger partial charge < -0.3 is 24.3 Å². The predicted molar refractivity (Wildman–Crippen MR) is 111 cm³/mol. The normalized spacial score (nSPS) is 10.2. The Morgan fingerprint density at radius 1 is 0.833 bits per heavy atom. The summed E-state index contributed by atoms with van der Waals surface area (Å²) in [5.41, 5.74) is 2.09. The number of hydrogen-bond donors (Lipinski definition) is 1.